The second-order valence-electron chi connectivity index (χ2n) is 15.8. The third kappa shape index (κ3) is 6.08. The van der Waals surface area contributed by atoms with Crippen molar-refractivity contribution in [1.82, 2.24) is 19.9 Å². The highest BCUT2D eigenvalue weighted by molar-refractivity contribution is 6.21. The van der Waals surface area contributed by atoms with Gasteiger partial charge in [0.25, 0.3) is 0 Å². The van der Waals surface area contributed by atoms with Crippen LogP contribution in [0.4, 0.5) is 0 Å². The van der Waals surface area contributed by atoms with Crippen LogP contribution in [0.1, 0.15) is 0 Å². The van der Waals surface area contributed by atoms with Crippen LogP contribution >= 0.6 is 0 Å². The predicted molar refractivity (Wildman–Crippen MR) is 258 cm³/mol. The second-order valence-corrected chi connectivity index (χ2v) is 15.8. The van der Waals surface area contributed by atoms with Gasteiger partial charge in [-0.1, -0.05) is 182 Å². The third-order valence-corrected chi connectivity index (χ3v) is 12.2. The van der Waals surface area contributed by atoms with E-state index in [1.54, 1.807) is 0 Å². The van der Waals surface area contributed by atoms with Crippen LogP contribution in [0.5, 0.6) is 0 Å². The zero-order chi connectivity index (χ0) is 41.0. The van der Waals surface area contributed by atoms with Crippen molar-refractivity contribution >= 4 is 54.1 Å². The quantitative estimate of drug-likeness (QED) is 0.158. The highest BCUT2D eigenvalue weighted by Gasteiger charge is 2.20. The minimum absolute atomic E-state index is 0.661. The molecule has 0 atom stereocenters. The molecule has 4 nitrogen and oxygen atoms in total. The molecule has 0 aliphatic carbocycles. The summed E-state index contributed by atoms with van der Waals surface area (Å²) < 4.78 is 0. The van der Waals surface area contributed by atoms with Crippen molar-refractivity contribution < 1.29 is 0 Å². The lowest BCUT2D eigenvalue weighted by Gasteiger charge is -2.18. The molecule has 4 heteroatoms. The van der Waals surface area contributed by atoms with E-state index < -0.39 is 0 Å². The van der Waals surface area contributed by atoms with E-state index in [0.717, 1.165) is 82.9 Å². The molecule has 0 unspecified atom stereocenters. The lowest BCUT2D eigenvalue weighted by Crippen LogP contribution is -1.98. The Labute approximate surface area is 358 Å². The Morgan fingerprint density at radius 2 is 0.726 bits per heavy atom. The van der Waals surface area contributed by atoms with Crippen LogP contribution < -0.4 is 0 Å². The van der Waals surface area contributed by atoms with Gasteiger partial charge in [0.15, 0.2) is 5.82 Å². The largest absolute Gasteiger partial charge is 0.256 e. The van der Waals surface area contributed by atoms with Crippen LogP contribution in [0, 0.1) is 0 Å². The number of rotatable bonds is 6. The monoisotopic (exact) mass is 788 g/mol. The Morgan fingerprint density at radius 3 is 1.32 bits per heavy atom. The highest BCUT2D eigenvalue weighted by atomic mass is 14.9. The zero-order valence-corrected chi connectivity index (χ0v) is 33.6. The Balaban J connectivity index is 1.06. The average Bonchev–Trinajstić information content (AvgIpc) is 3.35. The van der Waals surface area contributed by atoms with Crippen molar-refractivity contribution in [2.45, 2.75) is 0 Å². The Hall–Kier alpha value is -8.34. The van der Waals surface area contributed by atoms with E-state index in [4.69, 9.17) is 19.9 Å². The van der Waals surface area contributed by atoms with E-state index in [9.17, 15) is 0 Å². The van der Waals surface area contributed by atoms with Crippen LogP contribution in [0.3, 0.4) is 0 Å². The van der Waals surface area contributed by atoms with Gasteiger partial charge in [-0.05, 0) is 78.8 Å². The molecular weight excluding hydrogens is 753 g/mol. The van der Waals surface area contributed by atoms with E-state index >= 15 is 0 Å². The zero-order valence-electron chi connectivity index (χ0n) is 33.6. The summed E-state index contributed by atoms with van der Waals surface area (Å²) in [5, 5.41) is 9.32. The molecule has 0 aliphatic rings. The normalized spacial score (nSPS) is 11.5. The molecule has 3 aromatic heterocycles. The van der Waals surface area contributed by atoms with Crippen molar-refractivity contribution in [2.24, 2.45) is 0 Å². The highest BCUT2D eigenvalue weighted by Crippen LogP contribution is 2.45. The molecule has 0 spiro atoms. The summed E-state index contributed by atoms with van der Waals surface area (Å²) in [5.74, 6) is 0.661. The minimum Gasteiger partial charge on any atom is -0.256 e. The molecule has 0 radical (unpaired) electrons. The smallest absolute Gasteiger partial charge is 0.160 e. The van der Waals surface area contributed by atoms with Gasteiger partial charge >= 0.3 is 0 Å². The van der Waals surface area contributed by atoms with E-state index in [0.29, 0.717) is 5.82 Å². The SMILES string of the molecule is c1ccc2cc(-c3c4ccccc4c(-c4cc(-c5ccc(-c6cccc7cccnc67)cc5)nc(-c5ccc(-c6cccc7cccnc67)cc5)n4)c4ccccc34)ccc2c1. The van der Waals surface area contributed by atoms with Gasteiger partial charge in [-0.3, -0.25) is 9.97 Å². The summed E-state index contributed by atoms with van der Waals surface area (Å²) in [7, 11) is 0. The number of nitrogens with zero attached hydrogens (tertiary/aromatic N) is 4. The lowest BCUT2D eigenvalue weighted by atomic mass is 9.86. The van der Waals surface area contributed by atoms with Crippen LogP contribution in [-0.2, 0) is 0 Å². The number of pyridine rings is 2. The Morgan fingerprint density at radius 1 is 0.274 bits per heavy atom. The number of benzene rings is 9. The standard InChI is InChI=1S/C58H36N4/c1-2-12-44-35-45(32-23-37(44)11-1)54-48-17-3-5-19-50(48)55(51-20-6-4-18-49(51)54)53-36-52(40-28-24-38(25-29-40)46-21-7-13-41-15-9-33-59-56(41)46)61-58(62-53)43-30-26-39(27-31-43)47-22-8-14-42-16-10-34-60-57(42)47/h1-36H. The fourth-order valence-corrected chi connectivity index (χ4v) is 9.21. The van der Waals surface area contributed by atoms with Crippen molar-refractivity contribution in [1.29, 1.82) is 0 Å². The molecule has 62 heavy (non-hydrogen) atoms. The molecule has 0 saturated heterocycles. The Kier molecular flexibility index (Phi) is 8.46. The molecular formula is C58H36N4. The van der Waals surface area contributed by atoms with E-state index in [1.807, 2.05) is 24.5 Å². The number of hydrogen-bond acceptors (Lipinski definition) is 4. The molecule has 12 rings (SSSR count). The van der Waals surface area contributed by atoms with Gasteiger partial charge in [0.05, 0.1) is 22.4 Å². The fraction of sp³-hybridized carbons (Fsp3) is 0. The summed E-state index contributed by atoms with van der Waals surface area (Å²) in [6.45, 7) is 0. The van der Waals surface area contributed by atoms with E-state index in [-0.39, 0.29) is 0 Å². The third-order valence-electron chi connectivity index (χ3n) is 12.2. The first-order chi connectivity index (χ1) is 30.7. The summed E-state index contributed by atoms with van der Waals surface area (Å²) in [6.07, 6.45) is 3.71. The number of aromatic nitrogens is 4. The van der Waals surface area contributed by atoms with Gasteiger partial charge in [-0.15, -0.1) is 0 Å². The van der Waals surface area contributed by atoms with Crippen LogP contribution in [-0.4, -0.2) is 19.9 Å². The number of para-hydroxylation sites is 2. The molecule has 0 N–H and O–H groups in total. The fourth-order valence-electron chi connectivity index (χ4n) is 9.21. The lowest BCUT2D eigenvalue weighted by molar-refractivity contribution is 1.19. The molecule has 0 saturated carbocycles. The first-order valence-electron chi connectivity index (χ1n) is 20.9. The van der Waals surface area contributed by atoms with Gasteiger partial charge in [0.2, 0.25) is 0 Å². The molecule has 12 aromatic rings. The van der Waals surface area contributed by atoms with Crippen LogP contribution in [0.25, 0.3) is 121 Å². The molecule has 3 heterocycles. The maximum absolute atomic E-state index is 5.46. The van der Waals surface area contributed by atoms with Gasteiger partial charge in [0, 0.05) is 51.0 Å². The second kappa shape index (κ2) is 14.7. The summed E-state index contributed by atoms with van der Waals surface area (Å²) in [6, 6.07) is 73.2. The predicted octanol–water partition coefficient (Wildman–Crippen LogP) is 15.0. The molecule has 0 amide bonds. The van der Waals surface area contributed by atoms with Gasteiger partial charge < -0.3 is 0 Å². The summed E-state index contributed by atoms with van der Waals surface area (Å²) in [4.78, 5) is 20.2. The van der Waals surface area contributed by atoms with Gasteiger partial charge in [0.1, 0.15) is 0 Å². The molecule has 0 aliphatic heterocycles. The molecule has 0 fully saturated rings. The maximum atomic E-state index is 5.46. The Bertz CT molecular complexity index is 3480. The molecule has 9 aromatic carbocycles. The van der Waals surface area contributed by atoms with Crippen molar-refractivity contribution in [3.8, 4) is 67.3 Å². The van der Waals surface area contributed by atoms with Gasteiger partial charge in [-0.25, -0.2) is 9.97 Å². The van der Waals surface area contributed by atoms with Crippen LogP contribution in [0.15, 0.2) is 219 Å². The molecule has 0 bridgehead atoms. The molecule has 288 valence electrons. The first kappa shape index (κ1) is 35.6. The van der Waals surface area contributed by atoms with E-state index in [2.05, 4.69) is 194 Å². The van der Waals surface area contributed by atoms with E-state index in [1.165, 1.54) is 32.7 Å². The average molecular weight is 789 g/mol. The number of fused-ring (bicyclic) bond motifs is 5. The summed E-state index contributed by atoms with van der Waals surface area (Å²) in [5.41, 5.74) is 13.5. The maximum Gasteiger partial charge on any atom is 0.160 e. The minimum atomic E-state index is 0.661. The van der Waals surface area contributed by atoms with Crippen molar-refractivity contribution in [3.63, 3.8) is 0 Å². The van der Waals surface area contributed by atoms with Crippen molar-refractivity contribution in [3.05, 3.63) is 219 Å². The topological polar surface area (TPSA) is 51.6 Å². The first-order valence-corrected chi connectivity index (χ1v) is 20.9. The van der Waals surface area contributed by atoms with Crippen LogP contribution in [0.2, 0.25) is 0 Å². The number of hydrogen-bond donors (Lipinski definition) is 0. The van der Waals surface area contributed by atoms with Crippen molar-refractivity contribution in [2.75, 3.05) is 0 Å². The van der Waals surface area contributed by atoms with Gasteiger partial charge in [-0.2, -0.15) is 0 Å². The summed E-state index contributed by atoms with van der Waals surface area (Å²) >= 11 is 0.